The maximum Gasteiger partial charge on any atom is 0.243 e. The first kappa shape index (κ1) is 26.2. The van der Waals surface area contributed by atoms with Crippen LogP contribution in [0.4, 0.5) is 0 Å². The molecular formula is C25H29Cl3N2O2S. The molecule has 1 N–H and O–H groups in total. The Hall–Kier alpha value is -1.40. The fourth-order valence-corrected chi connectivity index (χ4v) is 5.51. The van der Waals surface area contributed by atoms with Gasteiger partial charge >= 0.3 is 0 Å². The van der Waals surface area contributed by atoms with Crippen LogP contribution < -0.4 is 5.32 Å². The SMILES string of the molecule is CCC(C(=O)NC1CCCC1)N(Cc1ccc(Cl)cc1Cl)C(=O)CSCc1ccc(Cl)cc1. The lowest BCUT2D eigenvalue weighted by molar-refractivity contribution is -0.139. The minimum Gasteiger partial charge on any atom is -0.352 e. The maximum absolute atomic E-state index is 13.3. The molecule has 0 heterocycles. The number of benzene rings is 2. The van der Waals surface area contributed by atoms with Crippen molar-refractivity contribution in [2.75, 3.05) is 5.75 Å². The molecule has 0 bridgehead atoms. The van der Waals surface area contributed by atoms with Gasteiger partial charge in [0.1, 0.15) is 6.04 Å². The molecule has 1 aliphatic carbocycles. The summed E-state index contributed by atoms with van der Waals surface area (Å²) in [7, 11) is 0. The first-order valence-electron chi connectivity index (χ1n) is 11.2. The highest BCUT2D eigenvalue weighted by Gasteiger charge is 2.30. The zero-order valence-electron chi connectivity index (χ0n) is 18.7. The summed E-state index contributed by atoms with van der Waals surface area (Å²) < 4.78 is 0. The number of thioether (sulfide) groups is 1. The lowest BCUT2D eigenvalue weighted by Crippen LogP contribution is -2.51. The molecule has 0 aromatic heterocycles. The summed E-state index contributed by atoms with van der Waals surface area (Å²) in [5, 5.41) is 4.86. The first-order valence-corrected chi connectivity index (χ1v) is 13.5. The summed E-state index contributed by atoms with van der Waals surface area (Å²) in [5.74, 6) is 0.767. The van der Waals surface area contributed by atoms with Gasteiger partial charge in [0.2, 0.25) is 11.8 Å². The number of halogens is 3. The van der Waals surface area contributed by atoms with E-state index in [2.05, 4.69) is 5.32 Å². The van der Waals surface area contributed by atoms with E-state index in [1.165, 1.54) is 11.8 Å². The average Bonchev–Trinajstić information content (AvgIpc) is 3.29. The fourth-order valence-electron chi connectivity index (χ4n) is 4.04. The number of hydrogen-bond acceptors (Lipinski definition) is 3. The largest absolute Gasteiger partial charge is 0.352 e. The van der Waals surface area contributed by atoms with Crippen LogP contribution in [-0.4, -0.2) is 34.6 Å². The molecular weight excluding hydrogens is 499 g/mol. The van der Waals surface area contributed by atoms with Gasteiger partial charge < -0.3 is 10.2 Å². The number of amides is 2. The van der Waals surface area contributed by atoms with Crippen LogP contribution in [0.2, 0.25) is 15.1 Å². The molecule has 1 fully saturated rings. The lowest BCUT2D eigenvalue weighted by Gasteiger charge is -2.31. The normalized spacial score (nSPS) is 14.8. The predicted molar refractivity (Wildman–Crippen MR) is 139 cm³/mol. The van der Waals surface area contributed by atoms with Crippen LogP contribution in [0.25, 0.3) is 0 Å². The number of carbonyl (C=O) groups is 2. The van der Waals surface area contributed by atoms with Crippen LogP contribution in [0.15, 0.2) is 42.5 Å². The zero-order chi connectivity index (χ0) is 23.8. The van der Waals surface area contributed by atoms with Crippen LogP contribution in [-0.2, 0) is 21.9 Å². The quantitative estimate of drug-likeness (QED) is 0.372. The molecule has 3 rings (SSSR count). The Labute approximate surface area is 215 Å². The third-order valence-electron chi connectivity index (χ3n) is 5.85. The molecule has 1 unspecified atom stereocenters. The van der Waals surface area contributed by atoms with Gasteiger partial charge in [-0.05, 0) is 54.7 Å². The van der Waals surface area contributed by atoms with Gasteiger partial charge in [0, 0.05) is 33.4 Å². The van der Waals surface area contributed by atoms with E-state index >= 15 is 0 Å². The zero-order valence-corrected chi connectivity index (χ0v) is 21.7. The van der Waals surface area contributed by atoms with Crippen LogP contribution in [0, 0.1) is 0 Å². The topological polar surface area (TPSA) is 49.4 Å². The highest BCUT2D eigenvalue weighted by molar-refractivity contribution is 7.99. The second kappa shape index (κ2) is 12.9. The van der Waals surface area contributed by atoms with Gasteiger partial charge in [-0.3, -0.25) is 9.59 Å². The average molecular weight is 528 g/mol. The smallest absolute Gasteiger partial charge is 0.243 e. The second-order valence-electron chi connectivity index (χ2n) is 8.29. The molecule has 2 aromatic carbocycles. The Bertz CT molecular complexity index is 949. The Morgan fingerprint density at radius 1 is 1.06 bits per heavy atom. The van der Waals surface area contributed by atoms with E-state index in [4.69, 9.17) is 34.8 Å². The van der Waals surface area contributed by atoms with Crippen LogP contribution in [0.1, 0.15) is 50.2 Å². The van der Waals surface area contributed by atoms with Gasteiger partial charge in [-0.25, -0.2) is 0 Å². The van der Waals surface area contributed by atoms with Crippen molar-refractivity contribution in [3.05, 3.63) is 68.7 Å². The summed E-state index contributed by atoms with van der Waals surface area (Å²) in [6.07, 6.45) is 4.78. The van der Waals surface area contributed by atoms with Crippen molar-refractivity contribution < 1.29 is 9.59 Å². The highest BCUT2D eigenvalue weighted by atomic mass is 35.5. The van der Waals surface area contributed by atoms with Crippen LogP contribution >= 0.6 is 46.6 Å². The number of nitrogens with one attached hydrogen (secondary N) is 1. The fraction of sp³-hybridized carbons (Fsp3) is 0.440. The molecule has 2 aromatic rings. The second-order valence-corrected chi connectivity index (χ2v) is 10.6. The molecule has 0 saturated heterocycles. The van der Waals surface area contributed by atoms with Gasteiger partial charge in [0.25, 0.3) is 0 Å². The van der Waals surface area contributed by atoms with Gasteiger partial charge in [-0.2, -0.15) is 0 Å². The monoisotopic (exact) mass is 526 g/mol. The minimum atomic E-state index is -0.555. The Morgan fingerprint density at radius 3 is 2.36 bits per heavy atom. The van der Waals surface area contributed by atoms with E-state index in [9.17, 15) is 9.59 Å². The van der Waals surface area contributed by atoms with Crippen molar-refractivity contribution in [3.63, 3.8) is 0 Å². The molecule has 0 aliphatic heterocycles. The summed E-state index contributed by atoms with van der Waals surface area (Å²) in [5.41, 5.74) is 1.86. The third-order valence-corrected chi connectivity index (χ3v) is 7.68. The van der Waals surface area contributed by atoms with Gasteiger partial charge in [0.15, 0.2) is 0 Å². The molecule has 33 heavy (non-hydrogen) atoms. The highest BCUT2D eigenvalue weighted by Crippen LogP contribution is 2.25. The lowest BCUT2D eigenvalue weighted by atomic mass is 10.1. The van der Waals surface area contributed by atoms with Crippen LogP contribution in [0.3, 0.4) is 0 Å². The first-order chi connectivity index (χ1) is 15.9. The molecule has 0 spiro atoms. The van der Waals surface area contributed by atoms with E-state index in [1.807, 2.05) is 37.3 Å². The molecule has 0 radical (unpaired) electrons. The molecule has 8 heteroatoms. The molecule has 1 aliphatic rings. The van der Waals surface area contributed by atoms with Gasteiger partial charge in [0.05, 0.1) is 5.75 Å². The van der Waals surface area contributed by atoms with Crippen molar-refractivity contribution in [1.82, 2.24) is 10.2 Å². The summed E-state index contributed by atoms with van der Waals surface area (Å²) in [6.45, 7) is 2.19. The van der Waals surface area contributed by atoms with Crippen molar-refractivity contribution in [3.8, 4) is 0 Å². The Balaban J connectivity index is 1.72. The number of hydrogen-bond donors (Lipinski definition) is 1. The summed E-state index contributed by atoms with van der Waals surface area (Å²) in [6, 6.07) is 12.5. The predicted octanol–water partition coefficient (Wildman–Crippen LogP) is 6.75. The van der Waals surface area contributed by atoms with Crippen LogP contribution in [0.5, 0.6) is 0 Å². The summed E-state index contributed by atoms with van der Waals surface area (Å²) >= 11 is 19.9. The number of carbonyl (C=O) groups excluding carboxylic acids is 2. The van der Waals surface area contributed by atoms with E-state index in [0.717, 1.165) is 36.8 Å². The molecule has 1 atom stereocenters. The van der Waals surface area contributed by atoms with Crippen molar-refractivity contribution in [2.45, 2.75) is 63.4 Å². The molecule has 2 amide bonds. The minimum absolute atomic E-state index is 0.0894. The van der Waals surface area contributed by atoms with Crippen molar-refractivity contribution in [2.24, 2.45) is 0 Å². The standard InChI is InChI=1S/C25H29Cl3N2O2S/c1-2-23(25(32)29-21-5-3-4-6-21)30(14-18-9-12-20(27)13-22(18)28)24(31)16-33-15-17-7-10-19(26)11-8-17/h7-13,21,23H,2-6,14-16H2,1H3,(H,29,32). The van der Waals surface area contributed by atoms with E-state index in [-0.39, 0.29) is 30.2 Å². The molecule has 178 valence electrons. The molecule has 1 saturated carbocycles. The Morgan fingerprint density at radius 2 is 1.73 bits per heavy atom. The van der Waals surface area contributed by atoms with Gasteiger partial charge in [-0.15, -0.1) is 11.8 Å². The maximum atomic E-state index is 13.3. The third kappa shape index (κ3) is 7.81. The van der Waals surface area contributed by atoms with E-state index in [0.29, 0.717) is 27.2 Å². The van der Waals surface area contributed by atoms with E-state index in [1.54, 1.807) is 17.0 Å². The Kier molecular flexibility index (Phi) is 10.2. The van der Waals surface area contributed by atoms with E-state index < -0.39 is 6.04 Å². The molecule has 4 nitrogen and oxygen atoms in total. The number of nitrogens with zero attached hydrogens (tertiary/aromatic N) is 1. The summed E-state index contributed by atoms with van der Waals surface area (Å²) in [4.78, 5) is 28.2. The van der Waals surface area contributed by atoms with Gasteiger partial charge in [-0.1, -0.05) is 72.8 Å². The number of rotatable bonds is 10. The van der Waals surface area contributed by atoms with Crippen molar-refractivity contribution >= 4 is 58.4 Å². The van der Waals surface area contributed by atoms with Crippen molar-refractivity contribution in [1.29, 1.82) is 0 Å².